The quantitative estimate of drug-likeness (QED) is 0.118. The SMILES string of the molecule is CC(OC(=O)CN1Cc2cc(OCCCC(=O)N(C)C3CCCCC3)ccc2N=C1NC(=O)N(c1ccccc1)c1ccccc1)c1ccccc1. The molecular weight excluding hydrogens is 654 g/mol. The molecule has 10 nitrogen and oxygen atoms in total. The Morgan fingerprint density at radius 2 is 1.50 bits per heavy atom. The number of hydrogen-bond donors (Lipinski definition) is 1. The van der Waals surface area contributed by atoms with Gasteiger partial charge in [-0.05, 0) is 74.2 Å². The maximum absolute atomic E-state index is 14.0. The van der Waals surface area contributed by atoms with Crippen LogP contribution in [0.5, 0.6) is 5.75 Å². The highest BCUT2D eigenvalue weighted by atomic mass is 16.5. The Hall–Kier alpha value is -5.64. The lowest BCUT2D eigenvalue weighted by Gasteiger charge is -2.32. The zero-order valence-corrected chi connectivity index (χ0v) is 29.9. The van der Waals surface area contributed by atoms with Gasteiger partial charge >= 0.3 is 12.0 Å². The van der Waals surface area contributed by atoms with E-state index in [1.54, 1.807) is 9.80 Å². The van der Waals surface area contributed by atoms with E-state index in [-0.39, 0.29) is 25.0 Å². The van der Waals surface area contributed by atoms with Crippen molar-refractivity contribution in [3.8, 4) is 5.75 Å². The number of nitrogens with one attached hydrogen (secondary N) is 1. The third-order valence-corrected chi connectivity index (χ3v) is 9.61. The number of esters is 1. The molecule has 1 aliphatic carbocycles. The van der Waals surface area contributed by atoms with Gasteiger partial charge in [0.1, 0.15) is 18.4 Å². The lowest BCUT2D eigenvalue weighted by atomic mass is 9.94. The number of benzene rings is 4. The second-order valence-corrected chi connectivity index (χ2v) is 13.3. The number of carbonyl (C=O) groups is 3. The molecule has 1 heterocycles. The first-order valence-corrected chi connectivity index (χ1v) is 18.2. The van der Waals surface area contributed by atoms with Crippen molar-refractivity contribution in [2.75, 3.05) is 25.1 Å². The summed E-state index contributed by atoms with van der Waals surface area (Å²) >= 11 is 0. The Kier molecular flexibility index (Phi) is 12.2. The molecule has 2 aliphatic rings. The Bertz CT molecular complexity index is 1790. The fourth-order valence-corrected chi connectivity index (χ4v) is 6.72. The van der Waals surface area contributed by atoms with Gasteiger partial charge in [0.05, 0.1) is 23.7 Å². The number of amides is 3. The van der Waals surface area contributed by atoms with Crippen LogP contribution in [0.25, 0.3) is 0 Å². The first-order chi connectivity index (χ1) is 25.4. The first-order valence-electron chi connectivity index (χ1n) is 18.2. The molecular formula is C42H47N5O5. The van der Waals surface area contributed by atoms with Crippen LogP contribution in [0.3, 0.4) is 0 Å². The fourth-order valence-electron chi connectivity index (χ4n) is 6.72. The highest BCUT2D eigenvalue weighted by Crippen LogP contribution is 2.31. The molecule has 0 spiro atoms. The zero-order valence-electron chi connectivity index (χ0n) is 29.9. The summed E-state index contributed by atoms with van der Waals surface area (Å²) in [6.45, 7) is 2.37. The summed E-state index contributed by atoms with van der Waals surface area (Å²) in [4.78, 5) is 50.2. The van der Waals surface area contributed by atoms with Gasteiger partial charge in [-0.3, -0.25) is 19.8 Å². The average molecular weight is 702 g/mol. The van der Waals surface area contributed by atoms with Gasteiger partial charge in [0, 0.05) is 31.6 Å². The summed E-state index contributed by atoms with van der Waals surface area (Å²) in [7, 11) is 1.92. The number of carbonyl (C=O) groups excluding carboxylic acids is 3. The van der Waals surface area contributed by atoms with Crippen molar-refractivity contribution in [2.24, 2.45) is 4.99 Å². The third-order valence-electron chi connectivity index (χ3n) is 9.61. The standard InChI is InChI=1S/C42H47N5O5/c1-31(32-16-7-3-8-17-32)52-40(49)30-46-29-33-28-37(51-27-15-24-39(48)45(2)34-18-9-4-10-19-34)25-26-38(33)43-41(46)44-42(50)47(35-20-11-5-12-21-35)36-22-13-6-14-23-36/h3,5-8,11-14,16-17,20-23,25-26,28,31,34H,4,9-10,15,18-19,24,27,29-30H2,1-2H3,(H,43,44,50). The molecule has 1 atom stereocenters. The van der Waals surface area contributed by atoms with E-state index in [9.17, 15) is 14.4 Å². The summed E-state index contributed by atoms with van der Waals surface area (Å²) in [6, 6.07) is 33.8. The summed E-state index contributed by atoms with van der Waals surface area (Å²) < 4.78 is 11.9. The molecule has 1 saturated carbocycles. The van der Waals surface area contributed by atoms with Gasteiger partial charge in [-0.2, -0.15) is 0 Å². The molecule has 4 aromatic carbocycles. The van der Waals surface area contributed by atoms with Crippen molar-refractivity contribution in [3.63, 3.8) is 0 Å². The summed E-state index contributed by atoms with van der Waals surface area (Å²) in [6.07, 6.45) is 6.39. The van der Waals surface area contributed by atoms with E-state index in [4.69, 9.17) is 14.5 Å². The molecule has 0 saturated heterocycles. The van der Waals surface area contributed by atoms with Crippen LogP contribution in [-0.2, 0) is 20.9 Å². The average Bonchev–Trinajstić information content (AvgIpc) is 3.18. The van der Waals surface area contributed by atoms with Crippen LogP contribution in [0.15, 0.2) is 114 Å². The molecule has 4 aromatic rings. The van der Waals surface area contributed by atoms with Gasteiger partial charge in [0.25, 0.3) is 0 Å². The summed E-state index contributed by atoms with van der Waals surface area (Å²) in [5, 5.41) is 2.98. The van der Waals surface area contributed by atoms with E-state index in [2.05, 4.69) is 5.32 Å². The molecule has 0 aromatic heterocycles. The molecule has 1 fully saturated rings. The first kappa shape index (κ1) is 36.2. The number of fused-ring (bicyclic) bond motifs is 1. The van der Waals surface area contributed by atoms with Gasteiger partial charge < -0.3 is 19.3 Å². The van der Waals surface area contributed by atoms with Crippen LogP contribution in [-0.4, -0.2) is 59.9 Å². The number of nitrogens with zero attached hydrogens (tertiary/aromatic N) is 4. The number of para-hydroxylation sites is 2. The molecule has 6 rings (SSSR count). The predicted octanol–water partition coefficient (Wildman–Crippen LogP) is 8.29. The van der Waals surface area contributed by atoms with E-state index in [1.165, 1.54) is 19.3 Å². The Morgan fingerprint density at radius 1 is 0.865 bits per heavy atom. The second-order valence-electron chi connectivity index (χ2n) is 13.3. The molecule has 52 heavy (non-hydrogen) atoms. The van der Waals surface area contributed by atoms with Crippen molar-refractivity contribution >= 4 is 40.9 Å². The fraction of sp³-hybridized carbons (Fsp3) is 0.333. The number of rotatable bonds is 12. The predicted molar refractivity (Wildman–Crippen MR) is 203 cm³/mol. The van der Waals surface area contributed by atoms with E-state index < -0.39 is 18.1 Å². The van der Waals surface area contributed by atoms with Crippen molar-refractivity contribution in [1.29, 1.82) is 0 Å². The second kappa shape index (κ2) is 17.5. The van der Waals surface area contributed by atoms with Crippen molar-refractivity contribution in [1.82, 2.24) is 15.1 Å². The Morgan fingerprint density at radius 3 is 2.15 bits per heavy atom. The maximum atomic E-state index is 14.0. The molecule has 0 radical (unpaired) electrons. The monoisotopic (exact) mass is 701 g/mol. The van der Waals surface area contributed by atoms with Crippen LogP contribution in [0.4, 0.5) is 21.9 Å². The number of ether oxygens (including phenoxy) is 2. The van der Waals surface area contributed by atoms with E-state index >= 15 is 0 Å². The van der Waals surface area contributed by atoms with Gasteiger partial charge in [-0.25, -0.2) is 9.79 Å². The molecule has 3 amide bonds. The molecule has 270 valence electrons. The third kappa shape index (κ3) is 9.37. The van der Waals surface area contributed by atoms with Crippen molar-refractivity contribution in [3.05, 3.63) is 120 Å². The van der Waals surface area contributed by atoms with E-state index in [0.29, 0.717) is 48.3 Å². The van der Waals surface area contributed by atoms with Crippen LogP contribution in [0.2, 0.25) is 0 Å². The smallest absolute Gasteiger partial charge is 0.333 e. The molecule has 1 aliphatic heterocycles. The molecule has 10 heteroatoms. The number of guanidine groups is 1. The normalized spacial score (nSPS) is 14.7. The topological polar surface area (TPSA) is 104 Å². The van der Waals surface area contributed by atoms with Crippen LogP contribution < -0.4 is 15.0 Å². The Balaban J connectivity index is 1.17. The minimum Gasteiger partial charge on any atom is -0.494 e. The van der Waals surface area contributed by atoms with Gasteiger partial charge in [-0.1, -0.05) is 86.0 Å². The highest BCUT2D eigenvalue weighted by molar-refractivity contribution is 6.09. The van der Waals surface area contributed by atoms with Crippen molar-refractivity contribution < 1.29 is 23.9 Å². The Labute approximate surface area is 306 Å². The van der Waals surface area contributed by atoms with Crippen LogP contribution in [0, 0.1) is 0 Å². The largest absolute Gasteiger partial charge is 0.494 e. The molecule has 1 unspecified atom stereocenters. The van der Waals surface area contributed by atoms with Crippen LogP contribution >= 0.6 is 0 Å². The molecule has 0 bridgehead atoms. The minimum absolute atomic E-state index is 0.145. The highest BCUT2D eigenvalue weighted by Gasteiger charge is 2.28. The number of hydrogen-bond acceptors (Lipinski definition) is 7. The number of urea groups is 1. The molecule has 1 N–H and O–H groups in total. The minimum atomic E-state index is -0.458. The van der Waals surface area contributed by atoms with Crippen molar-refractivity contribution in [2.45, 2.75) is 70.6 Å². The summed E-state index contributed by atoms with van der Waals surface area (Å²) in [5.74, 6) is 0.578. The maximum Gasteiger partial charge on any atom is 0.333 e. The number of aliphatic imine (C=N–C) groups is 1. The van der Waals surface area contributed by atoms with Gasteiger partial charge in [-0.15, -0.1) is 0 Å². The van der Waals surface area contributed by atoms with E-state index in [0.717, 1.165) is 24.0 Å². The van der Waals surface area contributed by atoms with E-state index in [1.807, 2.05) is 128 Å². The lowest BCUT2D eigenvalue weighted by Crippen LogP contribution is -2.50. The van der Waals surface area contributed by atoms with Crippen LogP contribution in [0.1, 0.15) is 69.1 Å². The number of anilines is 2. The zero-order chi connectivity index (χ0) is 36.3. The summed E-state index contributed by atoms with van der Waals surface area (Å²) in [5.41, 5.74) is 3.72. The lowest BCUT2D eigenvalue weighted by molar-refractivity contribution is -0.149. The van der Waals surface area contributed by atoms with Gasteiger partial charge in [0.15, 0.2) is 0 Å². The van der Waals surface area contributed by atoms with Gasteiger partial charge in [0.2, 0.25) is 11.9 Å².